The van der Waals surface area contributed by atoms with Crippen LogP contribution in [0.4, 0.5) is 0 Å². The van der Waals surface area contributed by atoms with Crippen molar-refractivity contribution in [3.8, 4) is 5.75 Å². The Bertz CT molecular complexity index is 1130. The molecule has 0 spiro atoms. The first kappa shape index (κ1) is 29.7. The van der Waals surface area contributed by atoms with Crippen LogP contribution in [0.25, 0.3) is 0 Å². The topological polar surface area (TPSA) is 108 Å². The van der Waals surface area contributed by atoms with Gasteiger partial charge in [0.1, 0.15) is 24.6 Å². The van der Waals surface area contributed by atoms with Crippen LogP contribution >= 0.6 is 45.8 Å². The average Bonchev–Trinajstić information content (AvgIpc) is 2.88. The number of hydrogen-bond acceptors (Lipinski definition) is 6. The number of amides is 2. The van der Waals surface area contributed by atoms with Crippen LogP contribution in [-0.2, 0) is 20.9 Å². The summed E-state index contributed by atoms with van der Waals surface area (Å²) in [5.41, 5.74) is 0.954. The van der Waals surface area contributed by atoms with E-state index in [4.69, 9.17) is 37.8 Å². The minimum Gasteiger partial charge on any atom is -0.482 e. The van der Waals surface area contributed by atoms with Crippen molar-refractivity contribution in [2.24, 2.45) is 0 Å². The number of halogens is 3. The second-order valence-corrected chi connectivity index (χ2v) is 10.3. The number of aliphatic hydroxyl groups excluding tert-OH is 2. The van der Waals surface area contributed by atoms with Crippen LogP contribution < -0.4 is 10.1 Å². The molecule has 1 aliphatic rings. The molecule has 0 bridgehead atoms. The smallest absolute Gasteiger partial charge is 0.249 e. The van der Waals surface area contributed by atoms with E-state index in [-0.39, 0.29) is 38.6 Å². The fraction of sp³-hybridized carbons (Fsp3) is 0.385. The van der Waals surface area contributed by atoms with Crippen molar-refractivity contribution in [3.05, 3.63) is 73.3 Å². The van der Waals surface area contributed by atoms with Gasteiger partial charge in [0.05, 0.1) is 16.2 Å². The highest BCUT2D eigenvalue weighted by atomic mass is 127. The molecule has 1 aliphatic carbocycles. The highest BCUT2D eigenvalue weighted by Gasteiger charge is 2.40. The van der Waals surface area contributed by atoms with Gasteiger partial charge in [0.15, 0.2) is 0 Å². The molecule has 0 saturated heterocycles. The van der Waals surface area contributed by atoms with Crippen LogP contribution in [-0.4, -0.2) is 71.5 Å². The van der Waals surface area contributed by atoms with Crippen LogP contribution in [0.15, 0.2) is 54.1 Å². The summed E-state index contributed by atoms with van der Waals surface area (Å²) < 4.78 is 12.3. The van der Waals surface area contributed by atoms with Crippen LogP contribution in [0.1, 0.15) is 18.9 Å². The first-order chi connectivity index (χ1) is 17.7. The van der Waals surface area contributed by atoms with Gasteiger partial charge < -0.3 is 29.9 Å². The number of rotatable bonds is 11. The Hall–Kier alpha value is -1.89. The third-order valence-electron chi connectivity index (χ3n) is 5.82. The van der Waals surface area contributed by atoms with Crippen LogP contribution in [0.3, 0.4) is 0 Å². The van der Waals surface area contributed by atoms with E-state index in [1.54, 1.807) is 37.3 Å². The Morgan fingerprint density at radius 3 is 2.65 bits per heavy atom. The molecule has 2 amide bonds. The first-order valence-corrected chi connectivity index (χ1v) is 13.6. The number of carbonyl (C=O) groups is 2. The number of para-hydroxylation sites is 1. The van der Waals surface area contributed by atoms with Gasteiger partial charge >= 0.3 is 0 Å². The molecular weight excluding hydrogens is 634 g/mol. The zero-order valence-electron chi connectivity index (χ0n) is 20.2. The Balaban J connectivity index is 1.99. The Kier molecular flexibility index (Phi) is 11.5. The number of aliphatic hydroxyl groups is 2. The highest BCUT2D eigenvalue weighted by Crippen LogP contribution is 2.31. The first-order valence-electron chi connectivity index (χ1n) is 11.7. The molecule has 3 N–H and O–H groups in total. The van der Waals surface area contributed by atoms with Crippen molar-refractivity contribution < 1.29 is 29.3 Å². The largest absolute Gasteiger partial charge is 0.482 e. The molecule has 3 atom stereocenters. The minimum atomic E-state index is -1.16. The summed E-state index contributed by atoms with van der Waals surface area (Å²) in [5.74, 6) is -0.252. The van der Waals surface area contributed by atoms with Gasteiger partial charge in [-0.1, -0.05) is 41.4 Å². The van der Waals surface area contributed by atoms with E-state index in [0.717, 1.165) is 3.57 Å². The van der Waals surface area contributed by atoms with Gasteiger partial charge in [0, 0.05) is 41.7 Å². The minimum absolute atomic E-state index is 0.0603. The van der Waals surface area contributed by atoms with E-state index in [2.05, 4.69) is 27.9 Å². The molecule has 0 heterocycles. The second-order valence-electron chi connectivity index (χ2n) is 8.34. The third kappa shape index (κ3) is 8.05. The predicted octanol–water partition coefficient (Wildman–Crippen LogP) is 3.58. The van der Waals surface area contributed by atoms with E-state index in [0.29, 0.717) is 33.5 Å². The van der Waals surface area contributed by atoms with Gasteiger partial charge in [-0.2, -0.15) is 0 Å². The summed E-state index contributed by atoms with van der Waals surface area (Å²) in [4.78, 5) is 27.7. The third-order valence-corrected chi connectivity index (χ3v) is 7.30. The van der Waals surface area contributed by atoms with Crippen LogP contribution in [0.5, 0.6) is 5.75 Å². The lowest BCUT2D eigenvalue weighted by atomic mass is 9.88. The zero-order valence-corrected chi connectivity index (χ0v) is 23.9. The van der Waals surface area contributed by atoms with E-state index < -0.39 is 24.2 Å². The summed E-state index contributed by atoms with van der Waals surface area (Å²) in [5, 5.41) is 24.1. The molecule has 2 aromatic rings. The van der Waals surface area contributed by atoms with Gasteiger partial charge in [0.2, 0.25) is 11.8 Å². The molecule has 11 heteroatoms. The Labute approximate surface area is 239 Å². The number of benzene rings is 2. The predicted molar refractivity (Wildman–Crippen MR) is 150 cm³/mol. The molecule has 0 fully saturated rings. The molecule has 8 nitrogen and oxygen atoms in total. The van der Waals surface area contributed by atoms with Crippen molar-refractivity contribution in [3.63, 3.8) is 0 Å². The molecule has 0 aliphatic heterocycles. The fourth-order valence-corrected chi connectivity index (χ4v) is 4.95. The van der Waals surface area contributed by atoms with E-state index >= 15 is 0 Å². The van der Waals surface area contributed by atoms with Gasteiger partial charge in [-0.3, -0.25) is 9.59 Å². The SMILES string of the molecule is CCOCC(=O)N(Cc1ccc(Cl)cc1Cl)[C@@H]1CC(C(=O)NCCO)=C[C@H](Oc2ccccc2I)[C@H]1O. The van der Waals surface area contributed by atoms with Gasteiger partial charge in [0.25, 0.3) is 0 Å². The quantitative estimate of drug-likeness (QED) is 0.318. The van der Waals surface area contributed by atoms with Crippen molar-refractivity contribution in [2.45, 2.75) is 38.1 Å². The van der Waals surface area contributed by atoms with Crippen LogP contribution in [0, 0.1) is 3.57 Å². The standard InChI is InChI=1S/C26H29Cl2IN2O6/c1-2-36-15-24(33)31(14-16-7-8-18(27)13-19(16)28)21-11-17(26(35)30-9-10-32)12-23(25(21)34)37-22-6-4-3-5-20(22)29/h3-8,12-13,21,23,25,32,34H,2,9-11,14-15H2,1H3,(H,30,35)/t21-,23+,25+/m1/s1. The summed E-state index contributed by atoms with van der Waals surface area (Å²) in [6, 6.07) is 11.4. The molecule has 0 saturated carbocycles. The molecular formula is C26H29Cl2IN2O6. The monoisotopic (exact) mass is 662 g/mol. The number of nitrogens with zero attached hydrogens (tertiary/aromatic N) is 1. The number of ether oxygens (including phenoxy) is 2. The lowest BCUT2D eigenvalue weighted by Gasteiger charge is -2.40. The van der Waals surface area contributed by atoms with Gasteiger partial charge in [-0.25, -0.2) is 0 Å². The zero-order chi connectivity index (χ0) is 26.9. The molecule has 37 heavy (non-hydrogen) atoms. The van der Waals surface area contributed by atoms with E-state index in [1.807, 2.05) is 18.2 Å². The highest BCUT2D eigenvalue weighted by molar-refractivity contribution is 14.1. The Morgan fingerprint density at radius 1 is 1.22 bits per heavy atom. The normalized spacial score (nSPS) is 19.2. The van der Waals surface area contributed by atoms with E-state index in [9.17, 15) is 14.7 Å². The molecule has 2 aromatic carbocycles. The number of nitrogens with one attached hydrogen (secondary N) is 1. The number of hydrogen-bond donors (Lipinski definition) is 3. The van der Waals surface area contributed by atoms with Crippen molar-refractivity contribution in [1.82, 2.24) is 10.2 Å². The van der Waals surface area contributed by atoms with Crippen molar-refractivity contribution in [2.75, 3.05) is 26.4 Å². The fourth-order valence-electron chi connectivity index (χ4n) is 3.96. The van der Waals surface area contributed by atoms with Crippen LogP contribution in [0.2, 0.25) is 10.0 Å². The lowest BCUT2D eigenvalue weighted by Crippen LogP contribution is -2.55. The molecule has 3 rings (SSSR count). The summed E-state index contributed by atoms with van der Waals surface area (Å²) in [6.45, 7) is 1.82. The summed E-state index contributed by atoms with van der Waals surface area (Å²) in [7, 11) is 0. The molecule has 0 aromatic heterocycles. The maximum atomic E-state index is 13.3. The molecule has 0 unspecified atom stereocenters. The average molecular weight is 663 g/mol. The number of carbonyl (C=O) groups excluding carboxylic acids is 2. The molecule has 0 radical (unpaired) electrons. The van der Waals surface area contributed by atoms with Crippen molar-refractivity contribution >= 4 is 57.6 Å². The van der Waals surface area contributed by atoms with Crippen molar-refractivity contribution in [1.29, 1.82) is 0 Å². The Morgan fingerprint density at radius 2 is 1.97 bits per heavy atom. The summed E-state index contributed by atoms with van der Waals surface area (Å²) >= 11 is 14.6. The lowest BCUT2D eigenvalue weighted by molar-refractivity contribution is -0.144. The van der Waals surface area contributed by atoms with Gasteiger partial charge in [-0.15, -0.1) is 0 Å². The summed E-state index contributed by atoms with van der Waals surface area (Å²) in [6.07, 6.45) is -0.459. The van der Waals surface area contributed by atoms with E-state index in [1.165, 1.54) is 4.90 Å². The second kappa shape index (κ2) is 14.3. The maximum Gasteiger partial charge on any atom is 0.249 e. The van der Waals surface area contributed by atoms with Gasteiger partial charge in [-0.05, 0) is 65.4 Å². The molecule has 200 valence electrons. The maximum absolute atomic E-state index is 13.3.